The second-order valence-electron chi connectivity index (χ2n) is 4.82. The lowest BCUT2D eigenvalue weighted by atomic mass is 10.2. The smallest absolute Gasteiger partial charge is 0.248 e. The summed E-state index contributed by atoms with van der Waals surface area (Å²) in [5, 5.41) is 16.8. The predicted octanol–water partition coefficient (Wildman–Crippen LogP) is 3.42. The fourth-order valence-electron chi connectivity index (χ4n) is 1.93. The number of amides is 1. The molecule has 0 saturated carbocycles. The van der Waals surface area contributed by atoms with Crippen LogP contribution in [-0.2, 0) is 17.8 Å². The van der Waals surface area contributed by atoms with Gasteiger partial charge in [0.15, 0.2) is 0 Å². The van der Waals surface area contributed by atoms with Crippen LogP contribution in [0.2, 0.25) is 0 Å². The Labute approximate surface area is 136 Å². The summed E-state index contributed by atoms with van der Waals surface area (Å²) in [6.07, 6.45) is 0.794. The van der Waals surface area contributed by atoms with Gasteiger partial charge < -0.3 is 9.73 Å². The van der Waals surface area contributed by atoms with Gasteiger partial charge in [0.05, 0.1) is 6.54 Å². The maximum absolute atomic E-state index is 11.9. The van der Waals surface area contributed by atoms with Gasteiger partial charge in [-0.1, -0.05) is 0 Å². The summed E-state index contributed by atoms with van der Waals surface area (Å²) in [6.45, 7) is 2.62. The van der Waals surface area contributed by atoms with E-state index in [-0.39, 0.29) is 5.91 Å². The molecule has 1 amide bonds. The third kappa shape index (κ3) is 3.61. The lowest BCUT2D eigenvalue weighted by Gasteiger charge is -2.03. The van der Waals surface area contributed by atoms with Crippen molar-refractivity contribution in [1.29, 1.82) is 0 Å². The van der Waals surface area contributed by atoms with Crippen LogP contribution in [-0.4, -0.2) is 16.1 Å². The van der Waals surface area contributed by atoms with Crippen LogP contribution in [0, 0.1) is 6.92 Å². The van der Waals surface area contributed by atoms with Crippen LogP contribution in [0.3, 0.4) is 0 Å². The predicted molar refractivity (Wildman–Crippen MR) is 86.8 cm³/mol. The zero-order valence-electron chi connectivity index (χ0n) is 12.0. The van der Waals surface area contributed by atoms with Gasteiger partial charge in [0.1, 0.15) is 0 Å². The third-order valence-electron chi connectivity index (χ3n) is 3.22. The van der Waals surface area contributed by atoms with E-state index in [0.29, 0.717) is 31.2 Å². The Hall–Kier alpha value is -1.99. The molecule has 0 bridgehead atoms. The molecule has 0 aromatic carbocycles. The number of carbonyl (C=O) groups excluding carboxylic acids is 1. The minimum Gasteiger partial charge on any atom is -0.421 e. The highest BCUT2D eigenvalue weighted by Gasteiger charge is 2.11. The van der Waals surface area contributed by atoms with Crippen molar-refractivity contribution in [1.82, 2.24) is 15.5 Å². The number of aryl methyl sites for hydroxylation is 2. The van der Waals surface area contributed by atoms with Crippen molar-refractivity contribution < 1.29 is 9.21 Å². The number of nitrogens with one attached hydrogen (secondary N) is 1. The molecule has 0 spiro atoms. The molecular formula is C15H15N3O2S2. The summed E-state index contributed by atoms with van der Waals surface area (Å²) < 4.78 is 5.55. The number of aromatic nitrogens is 2. The lowest BCUT2D eigenvalue weighted by molar-refractivity contribution is -0.121. The van der Waals surface area contributed by atoms with Crippen LogP contribution in [0.5, 0.6) is 0 Å². The third-order valence-corrected chi connectivity index (χ3v) is 4.92. The number of hydrogen-bond acceptors (Lipinski definition) is 6. The highest BCUT2D eigenvalue weighted by molar-refractivity contribution is 7.10. The first kappa shape index (κ1) is 14.9. The van der Waals surface area contributed by atoms with E-state index in [1.807, 2.05) is 29.1 Å². The van der Waals surface area contributed by atoms with Crippen LogP contribution >= 0.6 is 22.7 Å². The van der Waals surface area contributed by atoms with Crippen LogP contribution in [0.1, 0.15) is 22.8 Å². The zero-order valence-corrected chi connectivity index (χ0v) is 13.7. The van der Waals surface area contributed by atoms with E-state index in [4.69, 9.17) is 4.42 Å². The topological polar surface area (TPSA) is 68.0 Å². The molecule has 0 aliphatic carbocycles. The Morgan fingerprint density at radius 2 is 2.23 bits per heavy atom. The summed E-state index contributed by atoms with van der Waals surface area (Å²) in [6, 6.07) is 3.98. The first-order chi connectivity index (χ1) is 10.7. The Morgan fingerprint density at radius 3 is 2.95 bits per heavy atom. The van der Waals surface area contributed by atoms with E-state index in [2.05, 4.69) is 21.6 Å². The average Bonchev–Trinajstić information content (AvgIpc) is 3.24. The van der Waals surface area contributed by atoms with Crippen molar-refractivity contribution in [2.75, 3.05) is 0 Å². The molecular weight excluding hydrogens is 318 g/mol. The van der Waals surface area contributed by atoms with Gasteiger partial charge in [0.25, 0.3) is 0 Å². The second-order valence-corrected chi connectivity index (χ2v) is 6.60. The first-order valence-corrected chi connectivity index (χ1v) is 8.69. The standard InChI is InChI=1S/C15H15N3O2S2/c1-10-4-7-22-12(10)8-16-13(19)2-3-14-17-18-15(20-14)11-5-6-21-9-11/h4-7,9H,2-3,8H2,1H3,(H,16,19). The van der Waals surface area contributed by atoms with Gasteiger partial charge in [-0.2, -0.15) is 11.3 Å². The van der Waals surface area contributed by atoms with E-state index >= 15 is 0 Å². The largest absolute Gasteiger partial charge is 0.421 e. The first-order valence-electron chi connectivity index (χ1n) is 6.87. The van der Waals surface area contributed by atoms with Crippen molar-refractivity contribution in [2.24, 2.45) is 0 Å². The highest BCUT2D eigenvalue weighted by Crippen LogP contribution is 2.20. The summed E-state index contributed by atoms with van der Waals surface area (Å²) in [5.41, 5.74) is 2.13. The van der Waals surface area contributed by atoms with Crippen LogP contribution in [0.4, 0.5) is 0 Å². The van der Waals surface area contributed by atoms with Gasteiger partial charge in [-0.05, 0) is 35.4 Å². The molecule has 22 heavy (non-hydrogen) atoms. The molecule has 114 valence electrons. The Morgan fingerprint density at radius 1 is 1.32 bits per heavy atom. The second kappa shape index (κ2) is 6.85. The highest BCUT2D eigenvalue weighted by atomic mass is 32.1. The summed E-state index contributed by atoms with van der Waals surface area (Å²) in [4.78, 5) is 13.0. The molecule has 5 nitrogen and oxygen atoms in total. The molecule has 0 unspecified atom stereocenters. The van der Waals surface area contributed by atoms with E-state index in [1.165, 1.54) is 10.4 Å². The molecule has 3 aromatic heterocycles. The summed E-state index contributed by atoms with van der Waals surface area (Å²) in [5.74, 6) is 0.984. The fourth-order valence-corrected chi connectivity index (χ4v) is 3.41. The van der Waals surface area contributed by atoms with E-state index in [0.717, 1.165) is 5.56 Å². The molecule has 0 atom stereocenters. The van der Waals surface area contributed by atoms with Gasteiger partial charge >= 0.3 is 0 Å². The normalized spacial score (nSPS) is 10.8. The Bertz CT molecular complexity index is 747. The number of thiophene rings is 2. The average molecular weight is 333 g/mol. The number of rotatable bonds is 6. The lowest BCUT2D eigenvalue weighted by Crippen LogP contribution is -2.22. The van der Waals surface area contributed by atoms with Gasteiger partial charge in [-0.15, -0.1) is 21.5 Å². The molecule has 3 heterocycles. The van der Waals surface area contributed by atoms with Gasteiger partial charge in [0.2, 0.25) is 17.7 Å². The number of nitrogens with zero attached hydrogens (tertiary/aromatic N) is 2. The Kier molecular flexibility index (Phi) is 4.65. The molecule has 0 aliphatic rings. The summed E-state index contributed by atoms with van der Waals surface area (Å²) >= 11 is 3.23. The minimum atomic E-state index is -0.0110. The zero-order chi connectivity index (χ0) is 15.4. The number of carbonyl (C=O) groups is 1. The molecule has 0 radical (unpaired) electrons. The van der Waals surface area contributed by atoms with Gasteiger partial charge in [0, 0.05) is 28.7 Å². The van der Waals surface area contributed by atoms with Crippen LogP contribution in [0.15, 0.2) is 32.7 Å². The van der Waals surface area contributed by atoms with E-state index < -0.39 is 0 Å². The summed E-state index contributed by atoms with van der Waals surface area (Å²) in [7, 11) is 0. The maximum atomic E-state index is 11.9. The minimum absolute atomic E-state index is 0.0110. The quantitative estimate of drug-likeness (QED) is 0.750. The maximum Gasteiger partial charge on any atom is 0.248 e. The molecule has 3 rings (SSSR count). The molecule has 3 aromatic rings. The monoisotopic (exact) mass is 333 g/mol. The van der Waals surface area contributed by atoms with Gasteiger partial charge in [-0.3, -0.25) is 4.79 Å². The number of hydrogen-bond donors (Lipinski definition) is 1. The molecule has 0 saturated heterocycles. The molecule has 0 fully saturated rings. The molecule has 7 heteroatoms. The van der Waals surface area contributed by atoms with Crippen molar-refractivity contribution >= 4 is 28.6 Å². The van der Waals surface area contributed by atoms with Crippen molar-refractivity contribution in [3.8, 4) is 11.5 Å². The van der Waals surface area contributed by atoms with Crippen LogP contribution < -0.4 is 5.32 Å². The van der Waals surface area contributed by atoms with Crippen molar-refractivity contribution in [2.45, 2.75) is 26.3 Å². The van der Waals surface area contributed by atoms with Crippen molar-refractivity contribution in [3.05, 3.63) is 44.6 Å². The van der Waals surface area contributed by atoms with E-state index in [1.54, 1.807) is 22.7 Å². The molecule has 1 N–H and O–H groups in total. The molecule has 0 aliphatic heterocycles. The fraction of sp³-hybridized carbons (Fsp3) is 0.267. The Balaban J connectivity index is 1.48. The van der Waals surface area contributed by atoms with E-state index in [9.17, 15) is 4.79 Å². The van der Waals surface area contributed by atoms with Crippen LogP contribution in [0.25, 0.3) is 11.5 Å². The van der Waals surface area contributed by atoms with Gasteiger partial charge in [-0.25, -0.2) is 0 Å². The SMILES string of the molecule is Cc1ccsc1CNC(=O)CCc1nnc(-c2ccsc2)o1. The van der Waals surface area contributed by atoms with Crippen molar-refractivity contribution in [3.63, 3.8) is 0 Å².